The number of hydrogen-bond donors (Lipinski definition) is 0. The second-order valence-corrected chi connectivity index (χ2v) is 9.50. The van der Waals surface area contributed by atoms with Crippen LogP contribution in [-0.4, -0.2) is 60.2 Å². The molecule has 0 aromatic heterocycles. The van der Waals surface area contributed by atoms with Crippen molar-refractivity contribution in [1.29, 1.82) is 0 Å². The molecule has 2 rings (SSSR count). The summed E-state index contributed by atoms with van der Waals surface area (Å²) >= 11 is 0. The molecule has 0 bridgehead atoms. The van der Waals surface area contributed by atoms with Crippen LogP contribution in [0.3, 0.4) is 0 Å². The van der Waals surface area contributed by atoms with Gasteiger partial charge >= 0.3 is 5.97 Å². The second kappa shape index (κ2) is 4.42. The van der Waals surface area contributed by atoms with Gasteiger partial charge in [-0.15, -0.1) is 0 Å². The maximum atomic E-state index is 12.6. The predicted octanol–water partition coefficient (Wildman–Crippen LogP) is 0.0870. The number of fused-ring (bicyclic) bond motifs is 1. The summed E-state index contributed by atoms with van der Waals surface area (Å²) in [6.45, 7) is 7.95. The molecule has 2 aliphatic rings. The van der Waals surface area contributed by atoms with Gasteiger partial charge in [0.1, 0.15) is 16.4 Å². The fraction of sp³-hybridized carbons (Fsp3) is 0.846. The first-order chi connectivity index (χ1) is 9.36. The highest BCUT2D eigenvalue weighted by Gasteiger charge is 2.73. The zero-order chi connectivity index (χ0) is 16.4. The lowest BCUT2D eigenvalue weighted by Crippen LogP contribution is -2.67. The molecular formula is C13H21NO6S. The van der Waals surface area contributed by atoms with Crippen LogP contribution in [0.25, 0.3) is 0 Å². The first kappa shape index (κ1) is 16.2. The van der Waals surface area contributed by atoms with Crippen molar-refractivity contribution in [3.63, 3.8) is 0 Å². The van der Waals surface area contributed by atoms with Gasteiger partial charge in [-0.1, -0.05) is 0 Å². The third-order valence-electron chi connectivity index (χ3n) is 3.90. The van der Waals surface area contributed by atoms with Gasteiger partial charge in [0.2, 0.25) is 0 Å². The molecule has 0 aliphatic carbocycles. The van der Waals surface area contributed by atoms with E-state index < -0.39 is 49.6 Å². The standard InChI is InChI=1S/C13H21NO6S/c1-12(2,3)20-11(16)8-13(4,5)21(17,18)10-7(19-6)9(15)14(8)10/h7-8,10H,1-6H3/t7-,8-,10+/m0/s1. The van der Waals surface area contributed by atoms with E-state index >= 15 is 0 Å². The van der Waals surface area contributed by atoms with Crippen molar-refractivity contribution < 1.29 is 27.5 Å². The number of ether oxygens (including phenoxy) is 2. The molecule has 8 heteroatoms. The lowest BCUT2D eigenvalue weighted by molar-refractivity contribution is -0.179. The Labute approximate surface area is 124 Å². The Bertz CT molecular complexity index is 588. The maximum absolute atomic E-state index is 12.6. The Balaban J connectivity index is 2.43. The van der Waals surface area contributed by atoms with E-state index in [0.29, 0.717) is 0 Å². The molecule has 0 saturated carbocycles. The largest absolute Gasteiger partial charge is 0.458 e. The van der Waals surface area contributed by atoms with Crippen LogP contribution >= 0.6 is 0 Å². The third-order valence-corrected chi connectivity index (χ3v) is 6.70. The van der Waals surface area contributed by atoms with Gasteiger partial charge in [-0.25, -0.2) is 13.2 Å². The highest BCUT2D eigenvalue weighted by molar-refractivity contribution is 7.94. The van der Waals surface area contributed by atoms with Gasteiger partial charge in [0.05, 0.1) is 0 Å². The number of methoxy groups -OCH3 is 1. The molecule has 2 fully saturated rings. The summed E-state index contributed by atoms with van der Waals surface area (Å²) in [6, 6.07) is -1.15. The van der Waals surface area contributed by atoms with Crippen LogP contribution in [0.5, 0.6) is 0 Å². The number of sulfone groups is 1. The van der Waals surface area contributed by atoms with Gasteiger partial charge in [0.15, 0.2) is 21.3 Å². The number of rotatable bonds is 2. The minimum Gasteiger partial charge on any atom is -0.458 e. The van der Waals surface area contributed by atoms with Crippen molar-refractivity contribution in [2.24, 2.45) is 0 Å². The zero-order valence-electron chi connectivity index (χ0n) is 13.0. The summed E-state index contributed by atoms with van der Waals surface area (Å²) in [5.74, 6) is -1.20. The minimum atomic E-state index is -3.73. The molecule has 2 saturated heterocycles. The van der Waals surface area contributed by atoms with Crippen LogP contribution in [0.4, 0.5) is 0 Å². The third kappa shape index (κ3) is 2.07. The van der Waals surface area contributed by atoms with E-state index in [1.807, 2.05) is 0 Å². The minimum absolute atomic E-state index is 0.493. The number of carbonyl (C=O) groups excluding carboxylic acids is 2. The highest BCUT2D eigenvalue weighted by atomic mass is 32.2. The average molecular weight is 319 g/mol. The van der Waals surface area contributed by atoms with Gasteiger partial charge in [-0.2, -0.15) is 0 Å². The zero-order valence-corrected chi connectivity index (χ0v) is 13.9. The lowest BCUT2D eigenvalue weighted by atomic mass is 9.97. The number of β-lactam (4-membered cyclic amide) rings is 1. The van der Waals surface area contributed by atoms with Gasteiger partial charge in [0, 0.05) is 7.11 Å². The van der Waals surface area contributed by atoms with Crippen LogP contribution in [0, 0.1) is 0 Å². The Morgan fingerprint density at radius 3 is 2.24 bits per heavy atom. The molecule has 2 aliphatic heterocycles. The molecule has 7 nitrogen and oxygen atoms in total. The molecule has 120 valence electrons. The summed E-state index contributed by atoms with van der Waals surface area (Å²) < 4.78 is 34.0. The Morgan fingerprint density at radius 2 is 1.81 bits per heavy atom. The van der Waals surface area contributed by atoms with E-state index in [1.54, 1.807) is 20.8 Å². The van der Waals surface area contributed by atoms with Crippen LogP contribution in [0.2, 0.25) is 0 Å². The highest BCUT2D eigenvalue weighted by Crippen LogP contribution is 2.47. The normalized spacial score (nSPS) is 33.3. The Morgan fingerprint density at radius 1 is 1.29 bits per heavy atom. The van der Waals surface area contributed by atoms with Crippen molar-refractivity contribution in [2.45, 2.75) is 62.5 Å². The van der Waals surface area contributed by atoms with Crippen LogP contribution in [0.1, 0.15) is 34.6 Å². The number of amides is 1. The van der Waals surface area contributed by atoms with Crippen molar-refractivity contribution >= 4 is 21.7 Å². The molecular weight excluding hydrogens is 298 g/mol. The second-order valence-electron chi connectivity index (χ2n) is 6.88. The number of carbonyl (C=O) groups is 2. The maximum Gasteiger partial charge on any atom is 0.331 e. The van der Waals surface area contributed by atoms with Crippen LogP contribution in [0.15, 0.2) is 0 Å². The lowest BCUT2D eigenvalue weighted by Gasteiger charge is -2.42. The van der Waals surface area contributed by atoms with E-state index in [0.717, 1.165) is 4.90 Å². The molecule has 0 aromatic carbocycles. The molecule has 0 aromatic rings. The summed E-state index contributed by atoms with van der Waals surface area (Å²) in [5.41, 5.74) is -0.760. The first-order valence-electron chi connectivity index (χ1n) is 6.67. The fourth-order valence-electron chi connectivity index (χ4n) is 2.82. The van der Waals surface area contributed by atoms with E-state index in [4.69, 9.17) is 9.47 Å². The molecule has 3 atom stereocenters. The van der Waals surface area contributed by atoms with Crippen molar-refractivity contribution in [2.75, 3.05) is 7.11 Å². The number of hydrogen-bond acceptors (Lipinski definition) is 6. The Kier molecular flexibility index (Phi) is 3.42. The quantitative estimate of drug-likeness (QED) is 0.529. The molecule has 0 unspecified atom stereocenters. The monoisotopic (exact) mass is 319 g/mol. The summed E-state index contributed by atoms with van der Waals surface area (Å²) in [5, 5.41) is -1.11. The predicted molar refractivity (Wildman–Crippen MR) is 74.1 cm³/mol. The first-order valence-corrected chi connectivity index (χ1v) is 8.22. The number of esters is 1. The average Bonchev–Trinajstić information content (AvgIpc) is 2.41. The van der Waals surface area contributed by atoms with Crippen LogP contribution < -0.4 is 0 Å². The van der Waals surface area contributed by atoms with Gasteiger partial charge in [-0.05, 0) is 34.6 Å². The summed E-state index contributed by atoms with van der Waals surface area (Å²) in [7, 11) is -2.45. The summed E-state index contributed by atoms with van der Waals surface area (Å²) in [4.78, 5) is 25.5. The van der Waals surface area contributed by atoms with Gasteiger partial charge < -0.3 is 14.4 Å². The molecule has 0 radical (unpaired) electrons. The van der Waals surface area contributed by atoms with Crippen LogP contribution in [-0.2, 0) is 28.9 Å². The smallest absolute Gasteiger partial charge is 0.331 e. The van der Waals surface area contributed by atoms with Crippen molar-refractivity contribution in [3.8, 4) is 0 Å². The molecule has 0 spiro atoms. The van der Waals surface area contributed by atoms with Crippen molar-refractivity contribution in [3.05, 3.63) is 0 Å². The molecule has 2 heterocycles. The van der Waals surface area contributed by atoms with E-state index in [9.17, 15) is 18.0 Å². The van der Waals surface area contributed by atoms with Gasteiger partial charge in [-0.3, -0.25) is 4.79 Å². The molecule has 21 heavy (non-hydrogen) atoms. The topological polar surface area (TPSA) is 90.0 Å². The molecule has 1 amide bonds. The van der Waals surface area contributed by atoms with Crippen molar-refractivity contribution in [1.82, 2.24) is 4.90 Å². The fourth-order valence-corrected chi connectivity index (χ4v) is 5.04. The molecule has 0 N–H and O–H groups in total. The Hall–Kier alpha value is -1.15. The van der Waals surface area contributed by atoms with E-state index in [2.05, 4.69) is 0 Å². The van der Waals surface area contributed by atoms with E-state index in [-0.39, 0.29) is 0 Å². The van der Waals surface area contributed by atoms with E-state index in [1.165, 1.54) is 21.0 Å². The van der Waals surface area contributed by atoms with Gasteiger partial charge in [0.25, 0.3) is 5.91 Å². The number of nitrogens with zero attached hydrogens (tertiary/aromatic N) is 1. The summed E-state index contributed by atoms with van der Waals surface area (Å²) in [6.07, 6.45) is -1.04. The SMILES string of the molecule is CO[C@H]1C(=O)N2[C@@H](C(=O)OC(C)(C)C)C(C)(C)S(=O)(=O)[C@H]12.